The van der Waals surface area contributed by atoms with Gasteiger partial charge in [0.05, 0.1) is 5.92 Å². The van der Waals surface area contributed by atoms with E-state index in [0.717, 1.165) is 19.4 Å². The van der Waals surface area contributed by atoms with Crippen LogP contribution in [0.2, 0.25) is 0 Å². The zero-order chi connectivity index (χ0) is 18.1. The summed E-state index contributed by atoms with van der Waals surface area (Å²) in [5, 5.41) is 4.08. The first-order chi connectivity index (χ1) is 12.6. The maximum absolute atomic E-state index is 13.1. The van der Waals surface area contributed by atoms with Crippen LogP contribution in [0, 0.1) is 0 Å². The molecule has 0 spiro atoms. The van der Waals surface area contributed by atoms with E-state index in [-0.39, 0.29) is 23.6 Å². The lowest BCUT2D eigenvalue weighted by Gasteiger charge is -2.31. The highest BCUT2D eigenvalue weighted by molar-refractivity contribution is 5.92. The van der Waals surface area contributed by atoms with Crippen LogP contribution in [-0.4, -0.2) is 38.6 Å². The van der Waals surface area contributed by atoms with Crippen molar-refractivity contribution >= 4 is 5.91 Å². The predicted octanol–water partition coefficient (Wildman–Crippen LogP) is 3.32. The summed E-state index contributed by atoms with van der Waals surface area (Å²) >= 11 is 0. The van der Waals surface area contributed by atoms with Crippen molar-refractivity contribution in [1.29, 1.82) is 0 Å². The molecule has 0 aromatic carbocycles. The molecule has 136 valence electrons. The molecule has 2 aromatic rings. The molecule has 0 N–H and O–H groups in total. The molecule has 4 rings (SSSR count). The molecule has 1 aliphatic heterocycles. The number of carbonyl (C=O) groups excluding carboxylic acids is 1. The molecular formula is C19H21FN4O2. The highest BCUT2D eigenvalue weighted by Crippen LogP contribution is 2.30. The third-order valence-corrected chi connectivity index (χ3v) is 5.06. The number of rotatable bonds is 3. The minimum Gasteiger partial charge on any atom is -0.347 e. The summed E-state index contributed by atoms with van der Waals surface area (Å²) in [6.45, 7) is 1.30. The quantitative estimate of drug-likeness (QED) is 0.846. The molecule has 1 fully saturated rings. The van der Waals surface area contributed by atoms with Crippen LogP contribution in [0.3, 0.4) is 0 Å². The molecule has 0 saturated carbocycles. The molecule has 2 aromatic heterocycles. The fourth-order valence-electron chi connectivity index (χ4n) is 3.56. The van der Waals surface area contributed by atoms with Gasteiger partial charge in [-0.15, -0.1) is 0 Å². The lowest BCUT2D eigenvalue weighted by atomic mass is 9.97. The van der Waals surface area contributed by atoms with Gasteiger partial charge < -0.3 is 14.0 Å². The molecule has 1 unspecified atom stereocenters. The number of halogens is 1. The van der Waals surface area contributed by atoms with E-state index in [1.54, 1.807) is 6.08 Å². The Morgan fingerprint density at radius 1 is 1.42 bits per heavy atom. The van der Waals surface area contributed by atoms with E-state index in [2.05, 4.69) is 10.1 Å². The van der Waals surface area contributed by atoms with E-state index in [4.69, 9.17) is 4.52 Å². The lowest BCUT2D eigenvalue weighted by molar-refractivity contribution is 0.0686. The van der Waals surface area contributed by atoms with E-state index in [1.165, 1.54) is 12.2 Å². The van der Waals surface area contributed by atoms with E-state index in [1.807, 2.05) is 34.8 Å². The third-order valence-electron chi connectivity index (χ3n) is 5.06. The number of piperidine rings is 1. The molecule has 2 atom stereocenters. The maximum Gasteiger partial charge on any atom is 0.270 e. The number of carbonyl (C=O) groups is 1. The lowest BCUT2D eigenvalue weighted by Crippen LogP contribution is -2.39. The fourth-order valence-corrected chi connectivity index (χ4v) is 3.56. The SMILES string of the molecule is Cn1cccc1C(=O)N1CCC[C@H](c2nc(C3C=CC(F)=CC3)no2)C1. The largest absolute Gasteiger partial charge is 0.347 e. The first-order valence-corrected chi connectivity index (χ1v) is 8.90. The Hall–Kier alpha value is -2.70. The summed E-state index contributed by atoms with van der Waals surface area (Å²) in [4.78, 5) is 19.1. The second-order valence-corrected chi connectivity index (χ2v) is 6.88. The number of nitrogens with zero attached hydrogens (tertiary/aromatic N) is 4. The first kappa shape index (κ1) is 16.8. The second kappa shape index (κ2) is 6.90. The number of hydrogen-bond donors (Lipinski definition) is 0. The van der Waals surface area contributed by atoms with Crippen molar-refractivity contribution in [3.8, 4) is 0 Å². The van der Waals surface area contributed by atoms with Crippen molar-refractivity contribution in [3.63, 3.8) is 0 Å². The molecule has 3 heterocycles. The molecule has 1 amide bonds. The van der Waals surface area contributed by atoms with Gasteiger partial charge in [0.25, 0.3) is 5.91 Å². The highest BCUT2D eigenvalue weighted by Gasteiger charge is 2.30. The molecule has 1 saturated heterocycles. The minimum absolute atomic E-state index is 0.0257. The number of aromatic nitrogens is 3. The van der Waals surface area contributed by atoms with Crippen molar-refractivity contribution in [2.75, 3.05) is 13.1 Å². The number of likely N-dealkylation sites (tertiary alicyclic amines) is 1. The van der Waals surface area contributed by atoms with Crippen LogP contribution in [-0.2, 0) is 7.05 Å². The average Bonchev–Trinajstić information content (AvgIpc) is 3.31. The Kier molecular flexibility index (Phi) is 4.44. The summed E-state index contributed by atoms with van der Waals surface area (Å²) < 4.78 is 20.4. The zero-order valence-electron chi connectivity index (χ0n) is 14.6. The van der Waals surface area contributed by atoms with Gasteiger partial charge in [0.15, 0.2) is 5.82 Å². The number of allylic oxidation sites excluding steroid dienone is 4. The van der Waals surface area contributed by atoms with Gasteiger partial charge in [-0.3, -0.25) is 4.79 Å². The van der Waals surface area contributed by atoms with Crippen LogP contribution >= 0.6 is 0 Å². The highest BCUT2D eigenvalue weighted by atomic mass is 19.1. The van der Waals surface area contributed by atoms with Gasteiger partial charge in [-0.25, -0.2) is 4.39 Å². The van der Waals surface area contributed by atoms with Gasteiger partial charge in [0, 0.05) is 32.3 Å². The Morgan fingerprint density at radius 3 is 3.04 bits per heavy atom. The Balaban J connectivity index is 1.46. The van der Waals surface area contributed by atoms with Gasteiger partial charge in [-0.05, 0) is 43.5 Å². The summed E-state index contributed by atoms with van der Waals surface area (Å²) in [7, 11) is 1.87. The molecule has 1 aliphatic carbocycles. The molecule has 7 heteroatoms. The summed E-state index contributed by atoms with van der Waals surface area (Å²) in [5.41, 5.74) is 0.679. The van der Waals surface area contributed by atoms with Crippen LogP contribution in [0.1, 0.15) is 53.3 Å². The van der Waals surface area contributed by atoms with Gasteiger partial charge in [0.1, 0.15) is 11.5 Å². The van der Waals surface area contributed by atoms with Crippen LogP contribution < -0.4 is 0 Å². The summed E-state index contributed by atoms with van der Waals surface area (Å²) in [6, 6.07) is 3.70. The zero-order valence-corrected chi connectivity index (χ0v) is 14.6. The Morgan fingerprint density at radius 2 is 2.31 bits per heavy atom. The number of hydrogen-bond acceptors (Lipinski definition) is 4. The standard InChI is InChI=1S/C19H21FN4O2/c1-23-10-3-5-16(23)19(25)24-11-2-4-14(12-24)18-21-17(22-26-18)13-6-8-15(20)9-7-13/h3,5-6,8-10,13-14H,2,4,7,11-12H2,1H3/t13?,14-/m0/s1. The second-order valence-electron chi connectivity index (χ2n) is 6.88. The van der Waals surface area contributed by atoms with E-state index in [9.17, 15) is 9.18 Å². The van der Waals surface area contributed by atoms with E-state index >= 15 is 0 Å². The van der Waals surface area contributed by atoms with Crippen molar-refractivity contribution in [3.05, 3.63) is 59.8 Å². The van der Waals surface area contributed by atoms with E-state index < -0.39 is 0 Å². The third kappa shape index (κ3) is 3.21. The molecule has 0 bridgehead atoms. The van der Waals surface area contributed by atoms with Crippen molar-refractivity contribution in [1.82, 2.24) is 19.6 Å². The minimum atomic E-state index is -0.230. The van der Waals surface area contributed by atoms with Gasteiger partial charge >= 0.3 is 0 Å². The Labute approximate surface area is 151 Å². The maximum atomic E-state index is 13.1. The average molecular weight is 356 g/mol. The van der Waals surface area contributed by atoms with E-state index in [0.29, 0.717) is 30.4 Å². The van der Waals surface area contributed by atoms with Crippen LogP contribution in [0.5, 0.6) is 0 Å². The normalized spacial score (nSPS) is 23.2. The Bertz CT molecular complexity index is 867. The molecule has 0 radical (unpaired) electrons. The number of aryl methyl sites for hydroxylation is 1. The van der Waals surface area contributed by atoms with Gasteiger partial charge in [-0.2, -0.15) is 4.98 Å². The van der Waals surface area contributed by atoms with Crippen molar-refractivity contribution in [2.45, 2.75) is 31.1 Å². The fraction of sp³-hybridized carbons (Fsp3) is 0.421. The monoisotopic (exact) mass is 356 g/mol. The topological polar surface area (TPSA) is 64.2 Å². The molecule has 6 nitrogen and oxygen atoms in total. The molecular weight excluding hydrogens is 335 g/mol. The summed E-state index contributed by atoms with van der Waals surface area (Å²) in [6.07, 6.45) is 8.93. The van der Waals surface area contributed by atoms with Gasteiger partial charge in [0.2, 0.25) is 5.89 Å². The van der Waals surface area contributed by atoms with Crippen LogP contribution in [0.15, 0.2) is 46.9 Å². The smallest absolute Gasteiger partial charge is 0.270 e. The summed E-state index contributed by atoms with van der Waals surface area (Å²) in [5.74, 6) is 0.911. The van der Waals surface area contributed by atoms with Crippen molar-refractivity contribution < 1.29 is 13.7 Å². The molecule has 2 aliphatic rings. The molecule has 26 heavy (non-hydrogen) atoms. The predicted molar refractivity (Wildman–Crippen MR) is 93.3 cm³/mol. The van der Waals surface area contributed by atoms with Gasteiger partial charge in [-0.1, -0.05) is 11.2 Å². The first-order valence-electron chi connectivity index (χ1n) is 8.90. The van der Waals surface area contributed by atoms with Crippen LogP contribution in [0.25, 0.3) is 0 Å². The number of amides is 1. The van der Waals surface area contributed by atoms with Crippen LogP contribution in [0.4, 0.5) is 4.39 Å². The van der Waals surface area contributed by atoms with Crippen molar-refractivity contribution in [2.24, 2.45) is 7.05 Å².